The highest BCUT2D eigenvalue weighted by molar-refractivity contribution is 5.89. The SMILES string of the molecule is CCC(C)(C)C(=O)NC(C)C(C)=O. The molecule has 0 aromatic carbocycles. The third kappa shape index (κ3) is 3.57. The molecular formula is C10H19NO2. The molecule has 0 aliphatic rings. The molecule has 3 nitrogen and oxygen atoms in total. The quantitative estimate of drug-likeness (QED) is 0.721. The highest BCUT2D eigenvalue weighted by Crippen LogP contribution is 2.19. The monoisotopic (exact) mass is 185 g/mol. The summed E-state index contributed by atoms with van der Waals surface area (Å²) in [5.41, 5.74) is -0.385. The van der Waals surface area contributed by atoms with E-state index in [-0.39, 0.29) is 23.1 Å². The van der Waals surface area contributed by atoms with E-state index >= 15 is 0 Å². The molecule has 0 aliphatic heterocycles. The summed E-state index contributed by atoms with van der Waals surface area (Å²) in [6.07, 6.45) is 0.767. The Bertz CT molecular complexity index is 209. The van der Waals surface area contributed by atoms with Crippen LogP contribution in [0.1, 0.15) is 41.0 Å². The molecule has 1 atom stereocenters. The first-order valence-electron chi connectivity index (χ1n) is 4.62. The maximum atomic E-state index is 11.5. The van der Waals surface area contributed by atoms with E-state index in [0.29, 0.717) is 0 Å². The molecule has 0 saturated carbocycles. The lowest BCUT2D eigenvalue weighted by Crippen LogP contribution is -2.44. The summed E-state index contributed by atoms with van der Waals surface area (Å²) >= 11 is 0. The van der Waals surface area contributed by atoms with Crippen LogP contribution in [0.5, 0.6) is 0 Å². The molecule has 0 fully saturated rings. The second-order valence-corrected chi connectivity index (χ2v) is 4.04. The fourth-order valence-electron chi connectivity index (χ4n) is 0.654. The topological polar surface area (TPSA) is 46.2 Å². The molecule has 1 unspecified atom stereocenters. The van der Waals surface area contributed by atoms with E-state index in [9.17, 15) is 9.59 Å². The van der Waals surface area contributed by atoms with E-state index in [1.54, 1.807) is 6.92 Å². The Balaban J connectivity index is 4.23. The average Bonchev–Trinajstić information content (AvgIpc) is 2.04. The highest BCUT2D eigenvalue weighted by Gasteiger charge is 2.26. The molecule has 1 amide bonds. The molecule has 0 aromatic heterocycles. The number of ketones is 1. The van der Waals surface area contributed by atoms with Crippen molar-refractivity contribution in [3.05, 3.63) is 0 Å². The van der Waals surface area contributed by atoms with Gasteiger partial charge < -0.3 is 5.32 Å². The van der Waals surface area contributed by atoms with Crippen molar-refractivity contribution in [3.63, 3.8) is 0 Å². The molecule has 1 N–H and O–H groups in total. The largest absolute Gasteiger partial charge is 0.346 e. The predicted molar refractivity (Wildman–Crippen MR) is 52.4 cm³/mol. The number of amides is 1. The van der Waals surface area contributed by atoms with Gasteiger partial charge in [-0.05, 0) is 20.3 Å². The molecule has 0 bridgehead atoms. The van der Waals surface area contributed by atoms with Gasteiger partial charge >= 0.3 is 0 Å². The van der Waals surface area contributed by atoms with Gasteiger partial charge in [-0.1, -0.05) is 20.8 Å². The summed E-state index contributed by atoms with van der Waals surface area (Å²) in [6, 6.07) is -0.377. The van der Waals surface area contributed by atoms with Crippen LogP contribution in [0.2, 0.25) is 0 Å². The Kier molecular flexibility index (Phi) is 4.11. The van der Waals surface area contributed by atoms with Crippen molar-refractivity contribution in [2.45, 2.75) is 47.1 Å². The Labute approximate surface area is 79.9 Å². The minimum absolute atomic E-state index is 0.0137. The predicted octanol–water partition coefficient (Wildman–Crippen LogP) is 1.52. The van der Waals surface area contributed by atoms with Crippen molar-refractivity contribution in [2.24, 2.45) is 5.41 Å². The van der Waals surface area contributed by atoms with Crippen LogP contribution in [0.4, 0.5) is 0 Å². The molecule has 0 aliphatic carbocycles. The summed E-state index contributed by atoms with van der Waals surface area (Å²) in [5, 5.41) is 2.68. The lowest BCUT2D eigenvalue weighted by atomic mass is 9.89. The van der Waals surface area contributed by atoms with Gasteiger partial charge in [-0.15, -0.1) is 0 Å². The van der Waals surface area contributed by atoms with Gasteiger partial charge in [0.25, 0.3) is 0 Å². The van der Waals surface area contributed by atoms with Gasteiger partial charge in [0.2, 0.25) is 5.91 Å². The number of hydrogen-bond acceptors (Lipinski definition) is 2. The molecule has 13 heavy (non-hydrogen) atoms. The maximum Gasteiger partial charge on any atom is 0.226 e. The van der Waals surface area contributed by atoms with Crippen LogP contribution in [0, 0.1) is 5.41 Å². The van der Waals surface area contributed by atoms with Crippen LogP contribution < -0.4 is 5.32 Å². The van der Waals surface area contributed by atoms with Gasteiger partial charge in [0.15, 0.2) is 5.78 Å². The Morgan fingerprint density at radius 3 is 2.15 bits per heavy atom. The number of hydrogen-bond donors (Lipinski definition) is 1. The van der Waals surface area contributed by atoms with Crippen LogP contribution in [0.15, 0.2) is 0 Å². The second kappa shape index (κ2) is 4.40. The van der Waals surface area contributed by atoms with Crippen LogP contribution >= 0.6 is 0 Å². The van der Waals surface area contributed by atoms with Crippen molar-refractivity contribution < 1.29 is 9.59 Å². The lowest BCUT2D eigenvalue weighted by molar-refractivity contribution is -0.132. The van der Waals surface area contributed by atoms with Crippen LogP contribution in [0.25, 0.3) is 0 Å². The zero-order valence-electron chi connectivity index (χ0n) is 9.10. The first-order chi connectivity index (χ1) is 5.81. The molecule has 3 heteroatoms. The standard InChI is InChI=1S/C10H19NO2/c1-6-10(4,5)9(13)11-7(2)8(3)12/h7H,6H2,1-5H3,(H,11,13). The fraction of sp³-hybridized carbons (Fsp3) is 0.800. The van der Waals surface area contributed by atoms with Gasteiger partial charge in [-0.2, -0.15) is 0 Å². The summed E-state index contributed by atoms with van der Waals surface area (Å²) in [5.74, 6) is -0.0713. The second-order valence-electron chi connectivity index (χ2n) is 4.04. The van der Waals surface area contributed by atoms with Crippen molar-refractivity contribution in [1.82, 2.24) is 5.32 Å². The molecule has 76 valence electrons. The zero-order chi connectivity index (χ0) is 10.6. The zero-order valence-corrected chi connectivity index (χ0v) is 9.10. The number of Topliss-reactive ketones (excluding diaryl/α,β-unsaturated/α-hetero) is 1. The van der Waals surface area contributed by atoms with Crippen molar-refractivity contribution in [3.8, 4) is 0 Å². The number of carbonyl (C=O) groups is 2. The summed E-state index contributed by atoms with van der Waals surface area (Å²) in [4.78, 5) is 22.4. The third-order valence-electron chi connectivity index (χ3n) is 2.46. The normalized spacial score (nSPS) is 13.6. The van der Waals surface area contributed by atoms with E-state index in [4.69, 9.17) is 0 Å². The fourth-order valence-corrected chi connectivity index (χ4v) is 0.654. The number of carbonyl (C=O) groups excluding carboxylic acids is 2. The molecule has 0 aromatic rings. The summed E-state index contributed by atoms with van der Waals surface area (Å²) < 4.78 is 0. The maximum absolute atomic E-state index is 11.5. The van der Waals surface area contributed by atoms with Gasteiger partial charge in [-0.25, -0.2) is 0 Å². The molecule has 0 rings (SSSR count). The van der Waals surface area contributed by atoms with E-state index in [2.05, 4.69) is 5.32 Å². The van der Waals surface area contributed by atoms with E-state index in [1.165, 1.54) is 6.92 Å². The highest BCUT2D eigenvalue weighted by atomic mass is 16.2. The summed E-state index contributed by atoms with van der Waals surface area (Å²) in [7, 11) is 0. The molecule has 0 radical (unpaired) electrons. The number of rotatable bonds is 4. The first-order valence-corrected chi connectivity index (χ1v) is 4.62. The van der Waals surface area contributed by atoms with Crippen molar-refractivity contribution in [1.29, 1.82) is 0 Å². The third-order valence-corrected chi connectivity index (χ3v) is 2.46. The van der Waals surface area contributed by atoms with Gasteiger partial charge in [0.05, 0.1) is 6.04 Å². The number of nitrogens with one attached hydrogen (secondary N) is 1. The molecule has 0 heterocycles. The lowest BCUT2D eigenvalue weighted by Gasteiger charge is -2.23. The minimum Gasteiger partial charge on any atom is -0.346 e. The van der Waals surface area contributed by atoms with Gasteiger partial charge in [-0.3, -0.25) is 9.59 Å². The van der Waals surface area contributed by atoms with E-state index in [0.717, 1.165) is 6.42 Å². The Hall–Kier alpha value is -0.860. The van der Waals surface area contributed by atoms with E-state index in [1.807, 2.05) is 20.8 Å². The van der Waals surface area contributed by atoms with Gasteiger partial charge in [0, 0.05) is 5.41 Å². The van der Waals surface area contributed by atoms with E-state index < -0.39 is 0 Å². The molecule has 0 saturated heterocycles. The Morgan fingerprint density at radius 2 is 1.85 bits per heavy atom. The van der Waals surface area contributed by atoms with Crippen LogP contribution in [0.3, 0.4) is 0 Å². The van der Waals surface area contributed by atoms with Gasteiger partial charge in [0.1, 0.15) is 0 Å². The van der Waals surface area contributed by atoms with Crippen LogP contribution in [-0.4, -0.2) is 17.7 Å². The van der Waals surface area contributed by atoms with Crippen molar-refractivity contribution >= 4 is 11.7 Å². The average molecular weight is 185 g/mol. The van der Waals surface area contributed by atoms with Crippen molar-refractivity contribution in [2.75, 3.05) is 0 Å². The molecular weight excluding hydrogens is 166 g/mol. The first kappa shape index (κ1) is 12.1. The Morgan fingerprint density at radius 1 is 1.38 bits per heavy atom. The van der Waals surface area contributed by atoms with Crippen LogP contribution in [-0.2, 0) is 9.59 Å². The smallest absolute Gasteiger partial charge is 0.226 e. The molecule has 0 spiro atoms. The minimum atomic E-state index is -0.385. The summed E-state index contributed by atoms with van der Waals surface area (Å²) in [6.45, 7) is 8.87.